The van der Waals surface area contributed by atoms with E-state index in [9.17, 15) is 13.2 Å². The van der Waals surface area contributed by atoms with Gasteiger partial charge in [-0.3, -0.25) is 0 Å². The molecule has 1 aliphatic heterocycles. The average molecular weight is 246 g/mol. The van der Waals surface area contributed by atoms with Crippen molar-refractivity contribution in [1.29, 1.82) is 0 Å². The minimum atomic E-state index is -4.36. The van der Waals surface area contributed by atoms with Crippen LogP contribution in [0.15, 0.2) is 18.3 Å². The van der Waals surface area contributed by atoms with E-state index in [2.05, 4.69) is 4.98 Å². The number of halogens is 3. The maximum Gasteiger partial charge on any atom is 0.416 e. The fraction of sp³-hybridized carbons (Fsp3) is 0.545. The monoisotopic (exact) mass is 246 g/mol. The minimum Gasteiger partial charge on any atom is -0.394 e. The molecule has 2 rings (SSSR count). The summed E-state index contributed by atoms with van der Waals surface area (Å²) in [6.07, 6.45) is -1.55. The zero-order chi connectivity index (χ0) is 12.5. The first-order chi connectivity index (χ1) is 8.02. The van der Waals surface area contributed by atoms with Crippen LogP contribution >= 0.6 is 0 Å². The molecule has 1 aromatic heterocycles. The van der Waals surface area contributed by atoms with Crippen molar-refractivity contribution >= 4 is 5.82 Å². The van der Waals surface area contributed by atoms with Crippen LogP contribution < -0.4 is 4.90 Å². The molecule has 1 aromatic rings. The van der Waals surface area contributed by atoms with Crippen LogP contribution in [0.2, 0.25) is 0 Å². The van der Waals surface area contributed by atoms with E-state index in [1.54, 1.807) is 4.90 Å². The van der Waals surface area contributed by atoms with Gasteiger partial charge in [0.1, 0.15) is 5.82 Å². The number of hydrogen-bond acceptors (Lipinski definition) is 3. The summed E-state index contributed by atoms with van der Waals surface area (Å²) in [6, 6.07) is 1.87. The lowest BCUT2D eigenvalue weighted by molar-refractivity contribution is -0.137. The zero-order valence-corrected chi connectivity index (χ0v) is 9.11. The van der Waals surface area contributed by atoms with Gasteiger partial charge in [0.15, 0.2) is 0 Å². The molecule has 0 radical (unpaired) electrons. The summed E-state index contributed by atoms with van der Waals surface area (Å²) < 4.78 is 37.6. The highest BCUT2D eigenvalue weighted by Crippen LogP contribution is 2.32. The number of pyridine rings is 1. The molecular weight excluding hydrogens is 233 g/mol. The summed E-state index contributed by atoms with van der Waals surface area (Å²) in [6.45, 7) is 0.581. The Morgan fingerprint density at radius 2 is 2.24 bits per heavy atom. The summed E-state index contributed by atoms with van der Waals surface area (Å²) in [5.74, 6) is 0.288. The van der Waals surface area contributed by atoms with Crippen LogP contribution in [-0.2, 0) is 6.18 Å². The third kappa shape index (κ3) is 2.52. The van der Waals surface area contributed by atoms with Crippen molar-refractivity contribution in [2.24, 2.45) is 0 Å². The highest BCUT2D eigenvalue weighted by atomic mass is 19.4. The molecule has 17 heavy (non-hydrogen) atoms. The van der Waals surface area contributed by atoms with Crippen molar-refractivity contribution in [1.82, 2.24) is 4.98 Å². The van der Waals surface area contributed by atoms with E-state index in [4.69, 9.17) is 5.11 Å². The topological polar surface area (TPSA) is 36.4 Å². The Morgan fingerprint density at radius 3 is 2.88 bits per heavy atom. The van der Waals surface area contributed by atoms with Gasteiger partial charge in [0.05, 0.1) is 18.2 Å². The number of aliphatic hydroxyl groups is 1. The molecule has 94 valence electrons. The van der Waals surface area contributed by atoms with Gasteiger partial charge < -0.3 is 10.0 Å². The van der Waals surface area contributed by atoms with Crippen LogP contribution in [0, 0.1) is 0 Å². The molecule has 3 nitrogen and oxygen atoms in total. The predicted molar refractivity (Wildman–Crippen MR) is 56.7 cm³/mol. The van der Waals surface area contributed by atoms with Crippen LogP contribution in [-0.4, -0.2) is 29.3 Å². The molecule has 0 amide bonds. The first-order valence-electron chi connectivity index (χ1n) is 5.43. The molecule has 1 unspecified atom stereocenters. The van der Waals surface area contributed by atoms with Crippen LogP contribution in [0.5, 0.6) is 0 Å². The lowest BCUT2D eigenvalue weighted by atomic mass is 10.2. The van der Waals surface area contributed by atoms with Crippen molar-refractivity contribution in [3.63, 3.8) is 0 Å². The number of alkyl halides is 3. The van der Waals surface area contributed by atoms with Gasteiger partial charge in [-0.2, -0.15) is 13.2 Å². The fourth-order valence-electron chi connectivity index (χ4n) is 2.08. The van der Waals surface area contributed by atoms with Gasteiger partial charge in [-0.25, -0.2) is 4.98 Å². The number of nitrogens with zero attached hydrogens (tertiary/aromatic N) is 2. The van der Waals surface area contributed by atoms with Crippen molar-refractivity contribution in [3.8, 4) is 0 Å². The number of hydrogen-bond donors (Lipinski definition) is 1. The van der Waals surface area contributed by atoms with E-state index < -0.39 is 11.7 Å². The van der Waals surface area contributed by atoms with Crippen molar-refractivity contribution in [3.05, 3.63) is 23.9 Å². The molecule has 1 aliphatic rings. The van der Waals surface area contributed by atoms with Gasteiger partial charge in [-0.15, -0.1) is 0 Å². The summed E-state index contributed by atoms with van der Waals surface area (Å²) >= 11 is 0. The molecule has 0 saturated carbocycles. The molecule has 2 heterocycles. The summed E-state index contributed by atoms with van der Waals surface area (Å²) in [5.41, 5.74) is -0.703. The van der Waals surface area contributed by atoms with Crippen LogP contribution in [0.3, 0.4) is 0 Å². The Labute approximate surface area is 96.9 Å². The second-order valence-corrected chi connectivity index (χ2v) is 4.07. The number of rotatable bonds is 2. The van der Waals surface area contributed by atoms with Crippen LogP contribution in [0.4, 0.5) is 19.0 Å². The molecule has 1 N–H and O–H groups in total. The number of anilines is 1. The van der Waals surface area contributed by atoms with Gasteiger partial charge >= 0.3 is 6.18 Å². The zero-order valence-electron chi connectivity index (χ0n) is 9.11. The Balaban J connectivity index is 2.27. The Hall–Kier alpha value is -1.30. The average Bonchev–Trinajstić information content (AvgIpc) is 2.76. The number of aliphatic hydroxyl groups excluding tert-OH is 1. The normalized spacial score (nSPS) is 20.9. The largest absolute Gasteiger partial charge is 0.416 e. The second-order valence-electron chi connectivity index (χ2n) is 4.07. The maximum atomic E-state index is 12.5. The first-order valence-corrected chi connectivity index (χ1v) is 5.43. The van der Waals surface area contributed by atoms with Gasteiger partial charge in [0.25, 0.3) is 0 Å². The first kappa shape index (κ1) is 12.2. The predicted octanol–water partition coefficient (Wildman–Crippen LogP) is 2.06. The van der Waals surface area contributed by atoms with Gasteiger partial charge in [0, 0.05) is 12.7 Å². The Bertz CT molecular complexity index is 395. The molecule has 1 atom stereocenters. The molecule has 0 aliphatic carbocycles. The SMILES string of the molecule is OCC1CCCN1c1cc(C(F)(F)F)ccn1. The molecule has 1 fully saturated rings. The van der Waals surface area contributed by atoms with Crippen molar-refractivity contribution < 1.29 is 18.3 Å². The maximum absolute atomic E-state index is 12.5. The molecule has 0 spiro atoms. The molecule has 0 bridgehead atoms. The fourth-order valence-corrected chi connectivity index (χ4v) is 2.08. The Kier molecular flexibility index (Phi) is 3.24. The molecular formula is C11H13F3N2O. The second kappa shape index (κ2) is 4.52. The van der Waals surface area contributed by atoms with E-state index in [1.165, 1.54) is 0 Å². The lowest BCUT2D eigenvalue weighted by Crippen LogP contribution is -2.32. The minimum absolute atomic E-state index is 0.0576. The van der Waals surface area contributed by atoms with Crippen LogP contribution in [0.25, 0.3) is 0 Å². The van der Waals surface area contributed by atoms with Gasteiger partial charge in [0.2, 0.25) is 0 Å². The van der Waals surface area contributed by atoms with Crippen molar-refractivity contribution in [2.75, 3.05) is 18.1 Å². The lowest BCUT2D eigenvalue weighted by Gasteiger charge is -2.24. The van der Waals surface area contributed by atoms with Crippen molar-refractivity contribution in [2.45, 2.75) is 25.1 Å². The van der Waals surface area contributed by atoms with E-state index in [0.29, 0.717) is 6.54 Å². The quantitative estimate of drug-likeness (QED) is 0.867. The highest BCUT2D eigenvalue weighted by Gasteiger charge is 2.32. The summed E-state index contributed by atoms with van der Waals surface area (Å²) in [5, 5.41) is 9.14. The highest BCUT2D eigenvalue weighted by molar-refractivity contribution is 5.44. The third-order valence-corrected chi connectivity index (χ3v) is 2.95. The summed E-state index contributed by atoms with van der Waals surface area (Å²) in [7, 11) is 0. The van der Waals surface area contributed by atoms with E-state index in [-0.39, 0.29) is 18.5 Å². The van der Waals surface area contributed by atoms with Crippen LogP contribution in [0.1, 0.15) is 18.4 Å². The third-order valence-electron chi connectivity index (χ3n) is 2.95. The summed E-state index contributed by atoms with van der Waals surface area (Å²) in [4.78, 5) is 5.68. The Morgan fingerprint density at radius 1 is 1.47 bits per heavy atom. The van der Waals surface area contributed by atoms with Gasteiger partial charge in [-0.05, 0) is 25.0 Å². The van der Waals surface area contributed by atoms with Gasteiger partial charge in [-0.1, -0.05) is 0 Å². The standard InChI is InChI=1S/C11H13F3N2O/c12-11(13,14)8-3-4-15-10(6-8)16-5-1-2-9(16)7-17/h3-4,6,9,17H,1-2,5,7H2. The van der Waals surface area contributed by atoms with E-state index in [1.807, 2.05) is 0 Å². The number of aromatic nitrogens is 1. The molecule has 6 heteroatoms. The smallest absolute Gasteiger partial charge is 0.394 e. The molecule has 1 saturated heterocycles. The van der Waals surface area contributed by atoms with E-state index in [0.717, 1.165) is 31.2 Å². The van der Waals surface area contributed by atoms with E-state index >= 15 is 0 Å². The molecule has 0 aromatic carbocycles.